The number of rotatable bonds is 6. The Labute approximate surface area is 164 Å². The van der Waals surface area contributed by atoms with E-state index < -0.39 is 5.97 Å². The second kappa shape index (κ2) is 8.70. The minimum absolute atomic E-state index is 0.271. The van der Waals surface area contributed by atoms with Crippen molar-refractivity contribution in [3.63, 3.8) is 0 Å². The van der Waals surface area contributed by atoms with Crippen molar-refractivity contribution >= 4 is 28.9 Å². The molecule has 2 atom stereocenters. The van der Waals surface area contributed by atoms with E-state index in [9.17, 15) is 9.59 Å². The van der Waals surface area contributed by atoms with E-state index in [1.54, 1.807) is 0 Å². The third kappa shape index (κ3) is 4.78. The van der Waals surface area contributed by atoms with Crippen LogP contribution in [0.3, 0.4) is 0 Å². The lowest BCUT2D eigenvalue weighted by Gasteiger charge is -2.16. The molecule has 1 aromatic carbocycles. The Morgan fingerprint density at radius 1 is 1.33 bits per heavy atom. The molecule has 0 unspecified atom stereocenters. The van der Waals surface area contributed by atoms with Gasteiger partial charge in [0, 0.05) is 10.6 Å². The highest BCUT2D eigenvalue weighted by Crippen LogP contribution is 2.32. The van der Waals surface area contributed by atoms with Gasteiger partial charge in [0.05, 0.1) is 0 Å². The van der Waals surface area contributed by atoms with Crippen molar-refractivity contribution < 1.29 is 14.3 Å². The van der Waals surface area contributed by atoms with Crippen LogP contribution in [0.2, 0.25) is 0 Å². The normalized spacial score (nSPS) is 17.1. The first-order valence-electron chi connectivity index (χ1n) is 9.65. The molecule has 3 rings (SSSR count). The van der Waals surface area contributed by atoms with Crippen molar-refractivity contribution in [2.24, 2.45) is 5.92 Å². The molecule has 1 aliphatic carbocycles. The van der Waals surface area contributed by atoms with E-state index in [1.807, 2.05) is 30.3 Å². The van der Waals surface area contributed by atoms with E-state index >= 15 is 0 Å². The first-order chi connectivity index (χ1) is 13.0. The number of ether oxygens (including phenoxy) is 1. The highest BCUT2D eigenvalue weighted by atomic mass is 32.1. The number of aryl methyl sites for hydroxylation is 1. The molecule has 1 aromatic heterocycles. The Balaban J connectivity index is 1.58. The van der Waals surface area contributed by atoms with E-state index in [1.165, 1.54) is 28.2 Å². The van der Waals surface area contributed by atoms with E-state index in [4.69, 9.17) is 4.74 Å². The average Bonchev–Trinajstić information content (AvgIpc) is 3.09. The lowest BCUT2D eigenvalue weighted by molar-refractivity contribution is -0.119. The number of para-hydroxylation sites is 1. The molecule has 0 fully saturated rings. The van der Waals surface area contributed by atoms with Crippen molar-refractivity contribution in [3.8, 4) is 0 Å². The van der Waals surface area contributed by atoms with Crippen molar-refractivity contribution in [3.05, 3.63) is 51.2 Å². The topological polar surface area (TPSA) is 55.4 Å². The van der Waals surface area contributed by atoms with Crippen LogP contribution in [-0.4, -0.2) is 18.5 Å². The molecular formula is C22H27NO3S. The monoisotopic (exact) mass is 385 g/mol. The quantitative estimate of drug-likeness (QED) is 0.697. The van der Waals surface area contributed by atoms with Crippen molar-refractivity contribution in [1.29, 1.82) is 0 Å². The Kier molecular flexibility index (Phi) is 6.32. The van der Waals surface area contributed by atoms with Gasteiger partial charge in [-0.05, 0) is 60.8 Å². The number of carbonyl (C=O) groups is 2. The molecule has 1 aliphatic rings. The fraction of sp³-hybridized carbons (Fsp3) is 0.455. The Morgan fingerprint density at radius 3 is 2.89 bits per heavy atom. The molecule has 4 nitrogen and oxygen atoms in total. The van der Waals surface area contributed by atoms with E-state index in [2.05, 4.69) is 26.1 Å². The van der Waals surface area contributed by atoms with Crippen LogP contribution in [0.1, 0.15) is 65.2 Å². The number of thiophene rings is 1. The van der Waals surface area contributed by atoms with Crippen LogP contribution < -0.4 is 5.32 Å². The summed E-state index contributed by atoms with van der Waals surface area (Å²) in [5.41, 5.74) is 3.14. The van der Waals surface area contributed by atoms with Crippen LogP contribution in [-0.2, 0) is 22.4 Å². The number of nitrogens with one attached hydrogen (secondary N) is 1. The predicted octanol–water partition coefficient (Wildman–Crippen LogP) is 5.18. The van der Waals surface area contributed by atoms with Crippen LogP contribution >= 0.6 is 11.3 Å². The van der Waals surface area contributed by atoms with Crippen LogP contribution in [0, 0.1) is 5.92 Å². The summed E-state index contributed by atoms with van der Waals surface area (Å²) in [5.74, 6) is 0.290. The summed E-state index contributed by atoms with van der Waals surface area (Å²) in [6, 6.07) is 9.71. The first-order valence-corrected chi connectivity index (χ1v) is 10.5. The second-order valence-corrected chi connectivity index (χ2v) is 8.56. The molecule has 0 bridgehead atoms. The minimum atomic E-state index is -0.410. The molecule has 144 valence electrons. The standard InChI is InChI=1S/C22H27NO3S/c1-4-15(3)17-7-5-6-8-18(17)23-21(24)13-26-22(25)20-12-16-11-14(2)9-10-19(16)27-20/h5-8,12,14-15H,4,9-11,13H2,1-3H3,(H,23,24)/t14-,15+/m1/s1. The zero-order valence-corrected chi connectivity index (χ0v) is 17.0. The molecule has 5 heteroatoms. The summed E-state index contributed by atoms with van der Waals surface area (Å²) in [7, 11) is 0. The van der Waals surface area contributed by atoms with Crippen LogP contribution in [0.5, 0.6) is 0 Å². The molecule has 1 N–H and O–H groups in total. The fourth-order valence-corrected chi connectivity index (χ4v) is 4.56. The van der Waals surface area contributed by atoms with E-state index in [0.29, 0.717) is 16.7 Å². The minimum Gasteiger partial charge on any atom is -0.451 e. The fourth-order valence-electron chi connectivity index (χ4n) is 3.46. The van der Waals surface area contributed by atoms with Gasteiger partial charge in [-0.3, -0.25) is 4.79 Å². The largest absolute Gasteiger partial charge is 0.451 e. The maximum atomic E-state index is 12.3. The zero-order valence-electron chi connectivity index (χ0n) is 16.2. The number of fused-ring (bicyclic) bond motifs is 1. The lowest BCUT2D eigenvalue weighted by atomic mass is 9.90. The number of hydrogen-bond acceptors (Lipinski definition) is 4. The maximum absolute atomic E-state index is 12.3. The summed E-state index contributed by atoms with van der Waals surface area (Å²) in [6.45, 7) is 6.21. The molecular weight excluding hydrogens is 358 g/mol. The van der Waals surface area contributed by atoms with Gasteiger partial charge >= 0.3 is 5.97 Å². The van der Waals surface area contributed by atoms with Crippen LogP contribution in [0.15, 0.2) is 30.3 Å². The molecule has 27 heavy (non-hydrogen) atoms. The molecule has 0 saturated heterocycles. The van der Waals surface area contributed by atoms with Gasteiger partial charge < -0.3 is 10.1 Å². The summed E-state index contributed by atoms with van der Waals surface area (Å²) >= 11 is 1.50. The van der Waals surface area contributed by atoms with Crippen molar-refractivity contribution in [1.82, 2.24) is 0 Å². The number of benzene rings is 1. The van der Waals surface area contributed by atoms with Crippen LogP contribution in [0.25, 0.3) is 0 Å². The van der Waals surface area contributed by atoms with Gasteiger partial charge in [-0.2, -0.15) is 0 Å². The molecule has 0 aliphatic heterocycles. The molecule has 2 aromatic rings. The average molecular weight is 386 g/mol. The Morgan fingerprint density at radius 2 is 2.11 bits per heavy atom. The summed E-state index contributed by atoms with van der Waals surface area (Å²) < 4.78 is 5.25. The second-order valence-electron chi connectivity index (χ2n) is 7.43. The Bertz CT molecular complexity index is 827. The molecule has 0 saturated carbocycles. The van der Waals surface area contributed by atoms with Gasteiger partial charge in [-0.25, -0.2) is 4.79 Å². The van der Waals surface area contributed by atoms with Crippen LogP contribution in [0.4, 0.5) is 5.69 Å². The third-order valence-electron chi connectivity index (χ3n) is 5.24. The SMILES string of the molecule is CC[C@H](C)c1ccccc1NC(=O)COC(=O)c1cc2c(s1)CC[C@@H](C)C2. The molecule has 0 spiro atoms. The summed E-state index contributed by atoms with van der Waals surface area (Å²) in [4.78, 5) is 26.5. The number of esters is 1. The number of amides is 1. The molecule has 1 heterocycles. The van der Waals surface area contributed by atoms with Crippen molar-refractivity contribution in [2.45, 2.75) is 52.4 Å². The highest BCUT2D eigenvalue weighted by molar-refractivity contribution is 7.14. The predicted molar refractivity (Wildman–Crippen MR) is 110 cm³/mol. The smallest absolute Gasteiger partial charge is 0.348 e. The molecule has 0 radical (unpaired) electrons. The van der Waals surface area contributed by atoms with Gasteiger partial charge in [-0.1, -0.05) is 39.0 Å². The Hall–Kier alpha value is -2.14. The zero-order chi connectivity index (χ0) is 19.4. The summed E-state index contributed by atoms with van der Waals surface area (Å²) in [5, 5.41) is 2.87. The van der Waals surface area contributed by atoms with Crippen molar-refractivity contribution in [2.75, 3.05) is 11.9 Å². The highest BCUT2D eigenvalue weighted by Gasteiger charge is 2.22. The van der Waals surface area contributed by atoms with Gasteiger partial charge in [0.2, 0.25) is 0 Å². The molecule has 1 amide bonds. The van der Waals surface area contributed by atoms with Gasteiger partial charge in [-0.15, -0.1) is 11.3 Å². The summed E-state index contributed by atoms with van der Waals surface area (Å²) in [6.07, 6.45) is 4.21. The van der Waals surface area contributed by atoms with E-state index in [0.717, 1.165) is 30.5 Å². The number of carbonyl (C=O) groups excluding carboxylic acids is 2. The lowest BCUT2D eigenvalue weighted by Crippen LogP contribution is -2.21. The number of hydrogen-bond donors (Lipinski definition) is 1. The van der Waals surface area contributed by atoms with Gasteiger partial charge in [0.1, 0.15) is 4.88 Å². The maximum Gasteiger partial charge on any atom is 0.348 e. The first kappa shape index (κ1) is 19.6. The van der Waals surface area contributed by atoms with Gasteiger partial charge in [0.25, 0.3) is 5.91 Å². The van der Waals surface area contributed by atoms with Gasteiger partial charge in [0.15, 0.2) is 6.61 Å². The third-order valence-corrected chi connectivity index (χ3v) is 6.46. The number of anilines is 1. The van der Waals surface area contributed by atoms with E-state index in [-0.39, 0.29) is 12.5 Å².